The van der Waals surface area contributed by atoms with Crippen molar-refractivity contribution in [1.29, 1.82) is 0 Å². The number of thiophene rings is 1. The van der Waals surface area contributed by atoms with Crippen molar-refractivity contribution in [3.63, 3.8) is 0 Å². The molecule has 10 nitrogen and oxygen atoms in total. The summed E-state index contributed by atoms with van der Waals surface area (Å²) >= 11 is 1.07. The van der Waals surface area contributed by atoms with Crippen LogP contribution >= 0.6 is 11.3 Å². The Hall–Kier alpha value is -2.70. The Morgan fingerprint density at radius 3 is 2.56 bits per heavy atom. The van der Waals surface area contributed by atoms with E-state index in [1.54, 1.807) is 5.38 Å². The van der Waals surface area contributed by atoms with Gasteiger partial charge >= 0.3 is 11.9 Å². The smallest absolute Gasteiger partial charge is 0.374 e. The van der Waals surface area contributed by atoms with Crippen molar-refractivity contribution in [2.45, 2.75) is 5.09 Å². The van der Waals surface area contributed by atoms with Crippen LogP contribution in [0, 0.1) is 0 Å². The molecule has 25 heavy (non-hydrogen) atoms. The third kappa shape index (κ3) is 4.65. The summed E-state index contributed by atoms with van der Waals surface area (Å²) in [5, 5.41) is 8.20. The van der Waals surface area contributed by atoms with Crippen LogP contribution in [-0.2, 0) is 24.3 Å². The molecule has 12 heteroatoms. The van der Waals surface area contributed by atoms with Crippen molar-refractivity contribution in [2.24, 2.45) is 5.14 Å². The molecular weight excluding hydrogens is 376 g/mol. The van der Waals surface area contributed by atoms with E-state index < -0.39 is 45.3 Å². The van der Waals surface area contributed by atoms with Crippen LogP contribution in [0.5, 0.6) is 0 Å². The van der Waals surface area contributed by atoms with E-state index in [1.165, 1.54) is 13.2 Å². The van der Waals surface area contributed by atoms with E-state index in [1.807, 2.05) is 0 Å². The van der Waals surface area contributed by atoms with Crippen LogP contribution in [0.1, 0.15) is 20.2 Å². The zero-order valence-corrected chi connectivity index (χ0v) is 14.3. The normalized spacial score (nSPS) is 11.0. The molecule has 3 N–H and O–H groups in total. The van der Waals surface area contributed by atoms with Crippen molar-refractivity contribution in [2.75, 3.05) is 19.0 Å². The molecule has 0 aromatic carbocycles. The van der Waals surface area contributed by atoms with Gasteiger partial charge in [0.1, 0.15) is 4.88 Å². The minimum absolute atomic E-state index is 0.186. The van der Waals surface area contributed by atoms with E-state index in [0.29, 0.717) is 0 Å². The molecule has 0 aliphatic rings. The molecule has 2 aromatic heterocycles. The van der Waals surface area contributed by atoms with Gasteiger partial charge in [0.25, 0.3) is 15.9 Å². The van der Waals surface area contributed by atoms with Gasteiger partial charge in [-0.2, -0.15) is 0 Å². The number of anilines is 1. The lowest BCUT2D eigenvalue weighted by Gasteiger charge is -2.06. The fraction of sp³-hybridized carbons (Fsp3) is 0.154. The van der Waals surface area contributed by atoms with Gasteiger partial charge in [-0.25, -0.2) is 23.1 Å². The molecule has 0 bridgehead atoms. The molecule has 0 aliphatic carbocycles. The van der Waals surface area contributed by atoms with Gasteiger partial charge in [-0.3, -0.25) is 4.79 Å². The number of nitrogens with one attached hydrogen (secondary N) is 1. The summed E-state index contributed by atoms with van der Waals surface area (Å²) in [5.41, 5.74) is 0.215. The Balaban J connectivity index is 1.94. The molecule has 0 saturated carbocycles. The van der Waals surface area contributed by atoms with E-state index in [9.17, 15) is 22.8 Å². The molecule has 0 saturated heterocycles. The summed E-state index contributed by atoms with van der Waals surface area (Å²) in [6.45, 7) is -0.680. The minimum Gasteiger partial charge on any atom is -0.465 e. The maximum Gasteiger partial charge on any atom is 0.374 e. The second-order valence-corrected chi connectivity index (χ2v) is 6.85. The largest absolute Gasteiger partial charge is 0.465 e. The molecule has 1 amide bonds. The summed E-state index contributed by atoms with van der Waals surface area (Å²) < 4.78 is 36.1. The molecule has 2 rings (SSSR count). The lowest BCUT2D eigenvalue weighted by molar-refractivity contribution is -0.119. The Morgan fingerprint density at radius 1 is 1.24 bits per heavy atom. The van der Waals surface area contributed by atoms with E-state index in [4.69, 9.17) is 14.3 Å². The first kappa shape index (κ1) is 18.6. The average Bonchev–Trinajstić information content (AvgIpc) is 3.20. The fourth-order valence-electron chi connectivity index (χ4n) is 1.63. The second-order valence-electron chi connectivity index (χ2n) is 4.44. The lowest BCUT2D eigenvalue weighted by atomic mass is 10.4. The van der Waals surface area contributed by atoms with Gasteiger partial charge in [0, 0.05) is 0 Å². The quantitative estimate of drug-likeness (QED) is 0.681. The zero-order chi connectivity index (χ0) is 18.6. The number of furan rings is 1. The van der Waals surface area contributed by atoms with Gasteiger partial charge < -0.3 is 19.2 Å². The topological polar surface area (TPSA) is 155 Å². The molecule has 2 aromatic rings. The standard InChI is InChI=1S/C13H12N2O8S2/c1-21-13(18)11-7(4-5-24-11)15-9(16)6-22-12(17)8-2-3-10(23-8)25(14,19)20/h2-5H,6H2,1H3,(H,15,16)(H2,14,19,20). The molecule has 0 radical (unpaired) electrons. The zero-order valence-electron chi connectivity index (χ0n) is 12.7. The van der Waals surface area contributed by atoms with Crippen molar-refractivity contribution in [1.82, 2.24) is 0 Å². The van der Waals surface area contributed by atoms with Gasteiger partial charge in [0.2, 0.25) is 10.9 Å². The third-order valence-corrected chi connectivity index (χ3v) is 4.38. The monoisotopic (exact) mass is 388 g/mol. The predicted molar refractivity (Wildman–Crippen MR) is 84.7 cm³/mol. The molecule has 0 unspecified atom stereocenters. The summed E-state index contributed by atoms with van der Waals surface area (Å²) in [7, 11) is -2.89. The second kappa shape index (κ2) is 7.46. The lowest BCUT2D eigenvalue weighted by Crippen LogP contribution is -2.21. The van der Waals surface area contributed by atoms with Gasteiger partial charge in [-0.05, 0) is 23.6 Å². The third-order valence-electron chi connectivity index (χ3n) is 2.71. The van der Waals surface area contributed by atoms with Gasteiger partial charge in [-0.1, -0.05) is 0 Å². The van der Waals surface area contributed by atoms with Crippen molar-refractivity contribution < 1.29 is 36.7 Å². The van der Waals surface area contributed by atoms with E-state index in [-0.39, 0.29) is 10.6 Å². The van der Waals surface area contributed by atoms with E-state index in [0.717, 1.165) is 23.5 Å². The molecule has 0 spiro atoms. The molecule has 0 fully saturated rings. The number of primary sulfonamides is 1. The average molecular weight is 388 g/mol. The van der Waals surface area contributed by atoms with Gasteiger partial charge in [-0.15, -0.1) is 11.3 Å². The maximum absolute atomic E-state index is 11.8. The van der Waals surface area contributed by atoms with Crippen molar-refractivity contribution in [3.8, 4) is 0 Å². The predicted octanol–water partition coefficient (Wildman–Crippen LogP) is 0.571. The highest BCUT2D eigenvalue weighted by atomic mass is 32.2. The van der Waals surface area contributed by atoms with E-state index >= 15 is 0 Å². The highest BCUT2D eigenvalue weighted by Gasteiger charge is 2.20. The van der Waals surface area contributed by atoms with Crippen LogP contribution in [0.25, 0.3) is 0 Å². The number of hydrogen-bond acceptors (Lipinski definition) is 9. The fourth-order valence-corrected chi connectivity index (χ4v) is 2.86. The molecule has 134 valence electrons. The van der Waals surface area contributed by atoms with Crippen LogP contribution in [0.15, 0.2) is 33.1 Å². The van der Waals surface area contributed by atoms with Crippen LogP contribution < -0.4 is 10.5 Å². The van der Waals surface area contributed by atoms with E-state index in [2.05, 4.69) is 10.1 Å². The summed E-state index contributed by atoms with van der Waals surface area (Å²) in [4.78, 5) is 35.2. The summed E-state index contributed by atoms with van der Waals surface area (Å²) in [5.74, 6) is -2.81. The number of ether oxygens (including phenoxy) is 2. The highest BCUT2D eigenvalue weighted by molar-refractivity contribution is 7.89. The Morgan fingerprint density at radius 2 is 1.96 bits per heavy atom. The number of hydrogen-bond donors (Lipinski definition) is 2. The number of sulfonamides is 1. The number of carbonyl (C=O) groups is 3. The summed E-state index contributed by atoms with van der Waals surface area (Å²) in [6.07, 6.45) is 0. The highest BCUT2D eigenvalue weighted by Crippen LogP contribution is 2.23. The first-order valence-electron chi connectivity index (χ1n) is 6.48. The Bertz CT molecular complexity index is 912. The van der Waals surface area contributed by atoms with Crippen molar-refractivity contribution >= 4 is 44.9 Å². The number of nitrogens with two attached hydrogens (primary N) is 1. The summed E-state index contributed by atoms with van der Waals surface area (Å²) in [6, 6.07) is 3.52. The first-order chi connectivity index (χ1) is 11.7. The number of carbonyl (C=O) groups excluding carboxylic acids is 3. The molecular formula is C13H12N2O8S2. The molecule has 0 atom stereocenters. The number of methoxy groups -OCH3 is 1. The number of amides is 1. The van der Waals surface area contributed by atoms with Crippen molar-refractivity contribution in [3.05, 3.63) is 34.2 Å². The minimum atomic E-state index is -4.09. The Kier molecular flexibility index (Phi) is 5.56. The molecule has 2 heterocycles. The van der Waals surface area contributed by atoms with Crippen LogP contribution in [0.3, 0.4) is 0 Å². The molecule has 0 aliphatic heterocycles. The number of esters is 2. The first-order valence-corrected chi connectivity index (χ1v) is 8.90. The SMILES string of the molecule is COC(=O)c1sccc1NC(=O)COC(=O)c1ccc(S(N)(=O)=O)o1. The van der Waals surface area contributed by atoms with Crippen LogP contribution in [-0.4, -0.2) is 40.0 Å². The number of rotatable bonds is 6. The Labute approximate surface area is 145 Å². The maximum atomic E-state index is 11.8. The van der Waals surface area contributed by atoms with Crippen LogP contribution in [0.2, 0.25) is 0 Å². The van der Waals surface area contributed by atoms with Gasteiger partial charge in [0.15, 0.2) is 6.61 Å². The van der Waals surface area contributed by atoms with Gasteiger partial charge in [0.05, 0.1) is 12.8 Å². The van der Waals surface area contributed by atoms with Crippen LogP contribution in [0.4, 0.5) is 5.69 Å².